The Morgan fingerprint density at radius 2 is 1.91 bits per heavy atom. The second-order valence-corrected chi connectivity index (χ2v) is 12.8. The van der Waals surface area contributed by atoms with Crippen LogP contribution in [0.3, 0.4) is 0 Å². The van der Waals surface area contributed by atoms with Crippen LogP contribution in [0, 0.1) is 46.3 Å². The summed E-state index contributed by atoms with van der Waals surface area (Å²) < 4.78 is 5.90. The van der Waals surface area contributed by atoms with E-state index in [-0.39, 0.29) is 23.6 Å². The number of fused-ring (bicyclic) bond motifs is 5. The van der Waals surface area contributed by atoms with Gasteiger partial charge in [0, 0.05) is 18.8 Å². The molecule has 3 nitrogen and oxygen atoms in total. The Labute approximate surface area is 196 Å². The third-order valence-corrected chi connectivity index (χ3v) is 10.7. The number of hydrogen-bond acceptors (Lipinski definition) is 3. The van der Waals surface area contributed by atoms with Gasteiger partial charge in [-0.2, -0.15) is 0 Å². The highest BCUT2D eigenvalue weighted by Crippen LogP contribution is 2.67. The fourth-order valence-electron chi connectivity index (χ4n) is 9.07. The van der Waals surface area contributed by atoms with E-state index in [0.29, 0.717) is 23.7 Å². The quantitative estimate of drug-likeness (QED) is 0.357. The molecule has 182 valence electrons. The van der Waals surface area contributed by atoms with E-state index in [0.717, 1.165) is 36.5 Å². The number of ether oxygens (including phenoxy) is 1. The van der Waals surface area contributed by atoms with Gasteiger partial charge in [-0.25, -0.2) is 0 Å². The first-order valence-corrected chi connectivity index (χ1v) is 13.6. The summed E-state index contributed by atoms with van der Waals surface area (Å²) in [6.45, 7) is 13.7. The molecule has 0 heterocycles. The van der Waals surface area contributed by atoms with Crippen molar-refractivity contribution >= 4 is 5.97 Å². The predicted octanol–water partition coefficient (Wildman–Crippen LogP) is 6.93. The molecule has 0 radical (unpaired) electrons. The number of aliphatic hydroxyl groups is 1. The molecule has 1 N–H and O–H groups in total. The van der Waals surface area contributed by atoms with Crippen LogP contribution in [-0.4, -0.2) is 23.3 Å². The molecule has 4 rings (SSSR count). The van der Waals surface area contributed by atoms with Crippen molar-refractivity contribution in [3.8, 4) is 0 Å². The average molecular weight is 445 g/mol. The molecule has 0 bridgehead atoms. The molecule has 3 heteroatoms. The van der Waals surface area contributed by atoms with Crippen molar-refractivity contribution in [1.29, 1.82) is 0 Å². The van der Waals surface area contributed by atoms with Crippen LogP contribution in [0.1, 0.15) is 106 Å². The van der Waals surface area contributed by atoms with E-state index in [1.807, 2.05) is 0 Å². The van der Waals surface area contributed by atoms with E-state index in [1.165, 1.54) is 57.4 Å². The Hall–Kier alpha value is -0.830. The third kappa shape index (κ3) is 4.10. The predicted molar refractivity (Wildman–Crippen MR) is 130 cm³/mol. The normalized spacial score (nSPS) is 44.3. The number of carbonyl (C=O) groups excluding carboxylic acids is 1. The number of esters is 1. The number of carbonyl (C=O) groups is 1. The van der Waals surface area contributed by atoms with E-state index in [2.05, 4.69) is 40.7 Å². The van der Waals surface area contributed by atoms with Crippen molar-refractivity contribution in [2.45, 2.75) is 118 Å². The first-order chi connectivity index (χ1) is 15.1. The minimum absolute atomic E-state index is 0.101. The molecule has 0 saturated heterocycles. The molecule has 0 amide bonds. The number of hydrogen-bond donors (Lipinski definition) is 1. The lowest BCUT2D eigenvalue weighted by atomic mass is 9.46. The minimum atomic E-state index is -0.383. The van der Waals surface area contributed by atoms with E-state index in [4.69, 9.17) is 4.74 Å². The van der Waals surface area contributed by atoms with Crippen molar-refractivity contribution in [3.63, 3.8) is 0 Å². The molecule has 4 aliphatic rings. The van der Waals surface area contributed by atoms with Gasteiger partial charge >= 0.3 is 5.97 Å². The fraction of sp³-hybridized carbons (Fsp3) is 0.897. The van der Waals surface area contributed by atoms with Crippen LogP contribution in [0.4, 0.5) is 0 Å². The van der Waals surface area contributed by atoms with Gasteiger partial charge in [0.25, 0.3) is 0 Å². The Bertz CT molecular complexity index is 726. The largest absolute Gasteiger partial charge is 0.462 e. The molecule has 9 atom stereocenters. The highest BCUT2D eigenvalue weighted by atomic mass is 16.5. The maximum atomic E-state index is 12.0. The van der Waals surface area contributed by atoms with Crippen molar-refractivity contribution in [3.05, 3.63) is 11.6 Å². The summed E-state index contributed by atoms with van der Waals surface area (Å²) in [7, 11) is 0. The SMILES string of the molecule is CC(=O)O[C@H]1CC(O)CC2=CC[C@H]3[C@@H]4CC[C@H]([C@H](C)CCCC(C)C)[C@@]4(C)CC[C@@H]3[C@]21C. The first kappa shape index (κ1) is 24.3. The van der Waals surface area contributed by atoms with Gasteiger partial charge in [0.2, 0.25) is 0 Å². The summed E-state index contributed by atoms with van der Waals surface area (Å²) in [5.41, 5.74) is 1.73. The second kappa shape index (κ2) is 9.08. The molecular weight excluding hydrogens is 396 g/mol. The van der Waals surface area contributed by atoms with Crippen molar-refractivity contribution < 1.29 is 14.6 Å². The summed E-state index contributed by atoms with van der Waals surface area (Å²) in [6.07, 6.45) is 13.8. The van der Waals surface area contributed by atoms with E-state index < -0.39 is 0 Å². The topological polar surface area (TPSA) is 46.5 Å². The Kier molecular flexibility index (Phi) is 6.90. The van der Waals surface area contributed by atoms with Crippen LogP contribution >= 0.6 is 0 Å². The summed E-state index contributed by atoms with van der Waals surface area (Å²) in [5.74, 6) is 4.35. The maximum absolute atomic E-state index is 12.0. The smallest absolute Gasteiger partial charge is 0.302 e. The van der Waals surface area contributed by atoms with Crippen molar-refractivity contribution in [2.75, 3.05) is 0 Å². The number of rotatable bonds is 6. The van der Waals surface area contributed by atoms with Gasteiger partial charge in [-0.05, 0) is 79.4 Å². The van der Waals surface area contributed by atoms with E-state index in [9.17, 15) is 9.90 Å². The molecule has 3 fully saturated rings. The van der Waals surface area contributed by atoms with Crippen LogP contribution in [0.25, 0.3) is 0 Å². The van der Waals surface area contributed by atoms with Crippen LogP contribution < -0.4 is 0 Å². The average Bonchev–Trinajstić information content (AvgIpc) is 3.05. The molecule has 1 unspecified atom stereocenters. The molecule has 32 heavy (non-hydrogen) atoms. The fourth-order valence-corrected chi connectivity index (χ4v) is 9.07. The second-order valence-electron chi connectivity index (χ2n) is 12.8. The highest BCUT2D eigenvalue weighted by Gasteiger charge is 2.61. The number of allylic oxidation sites excluding steroid dienone is 1. The zero-order chi connectivity index (χ0) is 23.3. The molecule has 0 aromatic rings. The summed E-state index contributed by atoms with van der Waals surface area (Å²) in [4.78, 5) is 12.0. The zero-order valence-electron chi connectivity index (χ0n) is 21.5. The lowest BCUT2D eigenvalue weighted by Crippen LogP contribution is -2.56. The van der Waals surface area contributed by atoms with Crippen LogP contribution in [-0.2, 0) is 9.53 Å². The maximum Gasteiger partial charge on any atom is 0.302 e. The summed E-state index contributed by atoms with van der Waals surface area (Å²) >= 11 is 0. The highest BCUT2D eigenvalue weighted by molar-refractivity contribution is 5.66. The van der Waals surface area contributed by atoms with E-state index >= 15 is 0 Å². The molecule has 0 aromatic heterocycles. The van der Waals surface area contributed by atoms with Crippen LogP contribution in [0.2, 0.25) is 0 Å². The summed E-state index contributed by atoms with van der Waals surface area (Å²) in [5, 5.41) is 10.5. The standard InChI is InChI=1S/C29H48O3/c1-18(2)8-7-9-19(3)24-12-13-25-23-11-10-21-16-22(31)17-27(32-20(4)30)29(21,6)26(23)14-15-28(24,25)5/h10,18-19,22-27,31H,7-9,11-17H2,1-6H3/t19-,22?,23+,24-,25+,26+,27+,28-,29+/m1/s1. The third-order valence-electron chi connectivity index (χ3n) is 10.7. The van der Waals surface area contributed by atoms with Crippen molar-refractivity contribution in [2.24, 2.45) is 46.3 Å². The van der Waals surface area contributed by atoms with Crippen molar-refractivity contribution in [1.82, 2.24) is 0 Å². The molecular formula is C29H48O3. The van der Waals surface area contributed by atoms with Gasteiger partial charge in [0.15, 0.2) is 0 Å². The lowest BCUT2D eigenvalue weighted by Gasteiger charge is -2.60. The first-order valence-electron chi connectivity index (χ1n) is 13.6. The summed E-state index contributed by atoms with van der Waals surface area (Å²) in [6, 6.07) is 0. The molecule has 3 saturated carbocycles. The Morgan fingerprint density at radius 3 is 2.59 bits per heavy atom. The molecule has 0 spiro atoms. The molecule has 4 aliphatic carbocycles. The van der Waals surface area contributed by atoms with E-state index in [1.54, 1.807) is 0 Å². The lowest BCUT2D eigenvalue weighted by molar-refractivity contribution is -0.166. The minimum Gasteiger partial charge on any atom is -0.462 e. The monoisotopic (exact) mass is 444 g/mol. The van der Waals surface area contributed by atoms with Crippen LogP contribution in [0.15, 0.2) is 11.6 Å². The zero-order valence-corrected chi connectivity index (χ0v) is 21.5. The van der Waals surface area contributed by atoms with Gasteiger partial charge in [-0.1, -0.05) is 65.5 Å². The number of aliphatic hydroxyl groups excluding tert-OH is 1. The van der Waals surface area contributed by atoms with Gasteiger partial charge in [-0.3, -0.25) is 4.79 Å². The van der Waals surface area contributed by atoms with Gasteiger partial charge < -0.3 is 9.84 Å². The molecule has 0 aliphatic heterocycles. The van der Waals surface area contributed by atoms with Crippen LogP contribution in [0.5, 0.6) is 0 Å². The Balaban J connectivity index is 1.55. The van der Waals surface area contributed by atoms with Gasteiger partial charge in [-0.15, -0.1) is 0 Å². The van der Waals surface area contributed by atoms with Gasteiger partial charge in [0.05, 0.1) is 6.10 Å². The van der Waals surface area contributed by atoms with Gasteiger partial charge in [0.1, 0.15) is 6.10 Å². The Morgan fingerprint density at radius 1 is 1.16 bits per heavy atom. The molecule has 0 aromatic carbocycles.